The molecule has 2 aliphatic rings. The molecule has 4 nitrogen and oxygen atoms in total. The largest absolute Gasteiger partial charge is 0.381 e. The van der Waals surface area contributed by atoms with Gasteiger partial charge >= 0.3 is 0 Å². The van der Waals surface area contributed by atoms with Gasteiger partial charge in [0.15, 0.2) is 0 Å². The predicted octanol–water partition coefficient (Wildman–Crippen LogP) is 2.11. The maximum atomic E-state index is 5.46. The number of hydrogen-bond donors (Lipinski definition) is 0. The van der Waals surface area contributed by atoms with Gasteiger partial charge in [-0.25, -0.2) is 4.98 Å². The maximum Gasteiger partial charge on any atom is 0.205 e. The van der Waals surface area contributed by atoms with E-state index in [2.05, 4.69) is 21.2 Å². The number of rotatable bonds is 5. The predicted molar refractivity (Wildman–Crippen MR) is 68.6 cm³/mol. The fourth-order valence-electron chi connectivity index (χ4n) is 2.28. The lowest BCUT2D eigenvalue weighted by Crippen LogP contribution is -2.31. The lowest BCUT2D eigenvalue weighted by molar-refractivity contribution is 0.186. The number of aryl methyl sites for hydroxylation is 1. The number of aromatic nitrogens is 2. The molecular formula is C12H19N3OS. The smallest absolute Gasteiger partial charge is 0.205 e. The zero-order valence-corrected chi connectivity index (χ0v) is 11.1. The topological polar surface area (TPSA) is 38.2 Å². The molecule has 0 aromatic carbocycles. The van der Waals surface area contributed by atoms with E-state index in [-0.39, 0.29) is 0 Å². The molecule has 1 atom stereocenters. The summed E-state index contributed by atoms with van der Waals surface area (Å²) >= 11 is 1.56. The third-order valence-corrected chi connectivity index (χ3v) is 4.28. The molecule has 0 N–H and O–H groups in total. The highest BCUT2D eigenvalue weighted by Crippen LogP contribution is 2.34. The van der Waals surface area contributed by atoms with Gasteiger partial charge in [0.2, 0.25) is 5.13 Å². The van der Waals surface area contributed by atoms with E-state index >= 15 is 0 Å². The van der Waals surface area contributed by atoms with Gasteiger partial charge in [0, 0.05) is 43.1 Å². The van der Waals surface area contributed by atoms with Crippen molar-refractivity contribution in [1.29, 1.82) is 0 Å². The van der Waals surface area contributed by atoms with Crippen molar-refractivity contribution >= 4 is 16.7 Å². The molecule has 17 heavy (non-hydrogen) atoms. The lowest BCUT2D eigenvalue weighted by Gasteiger charge is -2.23. The van der Waals surface area contributed by atoms with Gasteiger partial charge in [0.1, 0.15) is 5.82 Å². The Morgan fingerprint density at radius 3 is 2.88 bits per heavy atom. The third kappa shape index (κ3) is 2.60. The van der Waals surface area contributed by atoms with Gasteiger partial charge in [-0.1, -0.05) is 6.92 Å². The van der Waals surface area contributed by atoms with Crippen molar-refractivity contribution in [2.24, 2.45) is 5.92 Å². The fraction of sp³-hybridized carbons (Fsp3) is 0.833. The number of nitrogens with zero attached hydrogens (tertiary/aromatic N) is 3. The highest BCUT2D eigenvalue weighted by Gasteiger charge is 2.33. The van der Waals surface area contributed by atoms with Crippen molar-refractivity contribution < 1.29 is 4.74 Å². The van der Waals surface area contributed by atoms with Crippen LogP contribution in [0.5, 0.6) is 0 Å². The minimum absolute atomic E-state index is 0.685. The first kappa shape index (κ1) is 11.4. The summed E-state index contributed by atoms with van der Waals surface area (Å²) < 4.78 is 9.86. The van der Waals surface area contributed by atoms with Gasteiger partial charge in [-0.15, -0.1) is 0 Å². The molecule has 1 saturated carbocycles. The van der Waals surface area contributed by atoms with E-state index in [1.54, 1.807) is 11.5 Å². The van der Waals surface area contributed by atoms with Crippen LogP contribution in [0.3, 0.4) is 0 Å². The maximum absolute atomic E-state index is 5.46. The van der Waals surface area contributed by atoms with Crippen LogP contribution in [0.2, 0.25) is 0 Å². The highest BCUT2D eigenvalue weighted by atomic mass is 32.1. The van der Waals surface area contributed by atoms with Crippen molar-refractivity contribution in [2.45, 2.75) is 38.6 Å². The molecule has 1 aromatic heterocycles. The molecule has 0 amide bonds. The van der Waals surface area contributed by atoms with E-state index in [0.717, 1.165) is 37.1 Å². The van der Waals surface area contributed by atoms with Crippen LogP contribution in [0.25, 0.3) is 0 Å². The average Bonchev–Trinajstić information content (AvgIpc) is 2.88. The van der Waals surface area contributed by atoms with E-state index < -0.39 is 0 Å². The molecule has 1 aliphatic carbocycles. The molecule has 1 saturated heterocycles. The van der Waals surface area contributed by atoms with Crippen molar-refractivity contribution in [3.63, 3.8) is 0 Å². The quantitative estimate of drug-likeness (QED) is 0.805. The van der Waals surface area contributed by atoms with E-state index in [1.807, 2.05) is 0 Å². The fourth-order valence-corrected chi connectivity index (χ4v) is 3.11. The summed E-state index contributed by atoms with van der Waals surface area (Å²) in [4.78, 5) is 7.09. The van der Waals surface area contributed by atoms with E-state index in [9.17, 15) is 0 Å². The molecule has 5 heteroatoms. The molecule has 3 rings (SSSR count). The summed E-state index contributed by atoms with van der Waals surface area (Å²) in [7, 11) is 0. The van der Waals surface area contributed by atoms with Crippen LogP contribution in [-0.2, 0) is 11.2 Å². The molecule has 0 radical (unpaired) electrons. The Morgan fingerprint density at radius 1 is 1.41 bits per heavy atom. The van der Waals surface area contributed by atoms with Crippen LogP contribution >= 0.6 is 11.5 Å². The standard InChI is InChI=1S/C12H19N3OS/c1-2-11-13-12(17-14-11)15(10-3-4-10)7-9-5-6-16-8-9/h9-10H,2-8H2,1H3. The second kappa shape index (κ2) is 4.90. The van der Waals surface area contributed by atoms with Crippen LogP contribution in [0.15, 0.2) is 0 Å². The summed E-state index contributed by atoms with van der Waals surface area (Å²) in [5.41, 5.74) is 0. The first-order chi connectivity index (χ1) is 8.36. The van der Waals surface area contributed by atoms with Gasteiger partial charge in [-0.3, -0.25) is 0 Å². The molecule has 1 aromatic rings. The number of anilines is 1. The van der Waals surface area contributed by atoms with Crippen LogP contribution in [0.4, 0.5) is 5.13 Å². The summed E-state index contributed by atoms with van der Waals surface area (Å²) in [5.74, 6) is 1.67. The number of hydrogen-bond acceptors (Lipinski definition) is 5. The van der Waals surface area contributed by atoms with Crippen molar-refractivity contribution in [2.75, 3.05) is 24.7 Å². The van der Waals surface area contributed by atoms with Crippen LogP contribution < -0.4 is 4.90 Å². The zero-order valence-electron chi connectivity index (χ0n) is 10.3. The van der Waals surface area contributed by atoms with Crippen molar-refractivity contribution in [1.82, 2.24) is 9.36 Å². The summed E-state index contributed by atoms with van der Waals surface area (Å²) in [6, 6.07) is 0.716. The highest BCUT2D eigenvalue weighted by molar-refractivity contribution is 7.09. The van der Waals surface area contributed by atoms with Crippen LogP contribution in [0.1, 0.15) is 32.0 Å². The molecule has 0 bridgehead atoms. The first-order valence-electron chi connectivity index (χ1n) is 6.53. The van der Waals surface area contributed by atoms with Gasteiger partial charge in [-0.05, 0) is 19.3 Å². The van der Waals surface area contributed by atoms with Gasteiger partial charge in [-0.2, -0.15) is 4.37 Å². The van der Waals surface area contributed by atoms with E-state index in [0.29, 0.717) is 12.0 Å². The Morgan fingerprint density at radius 2 is 2.29 bits per heavy atom. The Bertz CT molecular complexity index is 372. The molecule has 2 fully saturated rings. The molecule has 1 aliphatic heterocycles. The summed E-state index contributed by atoms with van der Waals surface area (Å²) in [5, 5.41) is 1.12. The molecule has 94 valence electrons. The van der Waals surface area contributed by atoms with Crippen LogP contribution in [0, 0.1) is 5.92 Å². The number of ether oxygens (including phenoxy) is 1. The zero-order chi connectivity index (χ0) is 11.7. The van der Waals surface area contributed by atoms with Gasteiger partial charge in [0.25, 0.3) is 0 Å². The summed E-state index contributed by atoms with van der Waals surface area (Å²) in [6.07, 6.45) is 4.76. The Balaban J connectivity index is 1.70. The SMILES string of the molecule is CCc1nsc(N(CC2CCOC2)C2CC2)n1. The Labute approximate surface area is 106 Å². The molecule has 1 unspecified atom stereocenters. The van der Waals surface area contributed by atoms with E-state index in [1.165, 1.54) is 19.3 Å². The lowest BCUT2D eigenvalue weighted by atomic mass is 10.1. The monoisotopic (exact) mass is 253 g/mol. The van der Waals surface area contributed by atoms with Gasteiger partial charge < -0.3 is 9.64 Å². The minimum atomic E-state index is 0.685. The first-order valence-corrected chi connectivity index (χ1v) is 7.31. The minimum Gasteiger partial charge on any atom is -0.381 e. The molecular weight excluding hydrogens is 234 g/mol. The van der Waals surface area contributed by atoms with E-state index in [4.69, 9.17) is 4.74 Å². The normalized spacial score (nSPS) is 24.2. The van der Waals surface area contributed by atoms with Gasteiger partial charge in [0.05, 0.1) is 6.61 Å². The van der Waals surface area contributed by atoms with Crippen LogP contribution in [-0.4, -0.2) is 35.2 Å². The van der Waals surface area contributed by atoms with Crippen molar-refractivity contribution in [3.8, 4) is 0 Å². The third-order valence-electron chi connectivity index (χ3n) is 3.49. The Kier molecular flexibility index (Phi) is 3.29. The Hall–Kier alpha value is -0.680. The summed E-state index contributed by atoms with van der Waals surface area (Å²) in [6.45, 7) is 5.06. The second-order valence-corrected chi connectivity index (χ2v) is 5.69. The average molecular weight is 253 g/mol. The second-order valence-electron chi connectivity index (χ2n) is 4.96. The molecule has 2 heterocycles. The molecule has 0 spiro atoms. The van der Waals surface area contributed by atoms with Crippen molar-refractivity contribution in [3.05, 3.63) is 5.82 Å².